The van der Waals surface area contributed by atoms with Gasteiger partial charge in [0.25, 0.3) is 6.43 Å². The number of hydrogen-bond donors (Lipinski definition) is 2. The normalized spacial score (nSPS) is 10.2. The number of benzene rings is 1. The fourth-order valence-electron chi connectivity index (χ4n) is 1.35. The quantitative estimate of drug-likeness (QED) is 0.820. The van der Waals surface area contributed by atoms with E-state index in [2.05, 4.69) is 0 Å². The van der Waals surface area contributed by atoms with Crippen LogP contribution in [-0.2, 0) is 6.54 Å². The van der Waals surface area contributed by atoms with Crippen LogP contribution >= 0.6 is 0 Å². The molecule has 1 aromatic rings. The Kier molecular flexibility index (Phi) is 3.53. The summed E-state index contributed by atoms with van der Waals surface area (Å²) in [6.45, 7) is -0.211. The molecule has 1 aromatic carbocycles. The number of carbonyl (C=O) groups is 1. The minimum absolute atomic E-state index is 0.0295. The Balaban J connectivity index is 3.51. The maximum absolute atomic E-state index is 12.4. The van der Waals surface area contributed by atoms with Gasteiger partial charge in [-0.1, -0.05) is 0 Å². The van der Waals surface area contributed by atoms with E-state index < -0.39 is 18.0 Å². The lowest BCUT2D eigenvalue weighted by Crippen LogP contribution is -2.10. The third kappa shape index (κ3) is 2.15. The van der Waals surface area contributed by atoms with E-state index in [4.69, 9.17) is 16.1 Å². The molecule has 0 unspecified atom stereocenters. The molecule has 0 heterocycles. The molecule has 0 aromatic heterocycles. The zero-order valence-electron chi connectivity index (χ0n) is 8.08. The highest BCUT2D eigenvalue weighted by Crippen LogP contribution is 2.24. The van der Waals surface area contributed by atoms with Crippen molar-refractivity contribution in [3.8, 4) is 6.07 Å². The number of nitrogens with zero attached hydrogens (tertiary/aromatic N) is 1. The van der Waals surface area contributed by atoms with E-state index in [9.17, 15) is 13.6 Å². The maximum atomic E-state index is 12.4. The van der Waals surface area contributed by atoms with Gasteiger partial charge in [-0.2, -0.15) is 5.26 Å². The fraction of sp³-hybridized carbons (Fsp3) is 0.200. The van der Waals surface area contributed by atoms with Crippen LogP contribution in [0.2, 0.25) is 0 Å². The molecule has 0 aliphatic carbocycles. The molecule has 0 aliphatic rings. The van der Waals surface area contributed by atoms with Crippen molar-refractivity contribution in [1.82, 2.24) is 0 Å². The van der Waals surface area contributed by atoms with Gasteiger partial charge in [0.2, 0.25) is 0 Å². The van der Waals surface area contributed by atoms with Crippen molar-refractivity contribution in [1.29, 1.82) is 5.26 Å². The van der Waals surface area contributed by atoms with Crippen molar-refractivity contribution in [2.75, 3.05) is 0 Å². The lowest BCUT2D eigenvalue weighted by atomic mass is 9.98. The molecule has 0 spiro atoms. The van der Waals surface area contributed by atoms with Gasteiger partial charge < -0.3 is 10.8 Å². The van der Waals surface area contributed by atoms with E-state index in [1.165, 1.54) is 0 Å². The van der Waals surface area contributed by atoms with E-state index >= 15 is 0 Å². The summed E-state index contributed by atoms with van der Waals surface area (Å²) in [5.41, 5.74) is 4.28. The minimum atomic E-state index is -2.76. The van der Waals surface area contributed by atoms with E-state index in [-0.39, 0.29) is 23.2 Å². The molecule has 0 radical (unpaired) electrons. The number of rotatable bonds is 3. The molecule has 0 atom stereocenters. The predicted octanol–water partition coefficient (Wildman–Crippen LogP) is 1.65. The van der Waals surface area contributed by atoms with Crippen molar-refractivity contribution >= 4 is 5.97 Å². The third-order valence-electron chi connectivity index (χ3n) is 2.05. The Labute approximate surface area is 89.9 Å². The molecule has 0 saturated carbocycles. The number of carboxylic acid groups (broad SMARTS) is 1. The second-order valence-corrected chi connectivity index (χ2v) is 3.02. The predicted molar refractivity (Wildman–Crippen MR) is 51.0 cm³/mol. The van der Waals surface area contributed by atoms with Gasteiger partial charge in [-0.05, 0) is 17.7 Å². The van der Waals surface area contributed by atoms with Gasteiger partial charge >= 0.3 is 5.97 Å². The summed E-state index contributed by atoms with van der Waals surface area (Å²) >= 11 is 0. The lowest BCUT2D eigenvalue weighted by molar-refractivity contribution is 0.0695. The molecule has 0 amide bonds. The Morgan fingerprint density at radius 2 is 2.19 bits per heavy atom. The van der Waals surface area contributed by atoms with Crippen LogP contribution in [0, 0.1) is 11.3 Å². The third-order valence-corrected chi connectivity index (χ3v) is 2.05. The van der Waals surface area contributed by atoms with Crippen LogP contribution in [0.4, 0.5) is 8.78 Å². The zero-order chi connectivity index (χ0) is 12.3. The van der Waals surface area contributed by atoms with Gasteiger partial charge in [0.05, 0.1) is 11.1 Å². The summed E-state index contributed by atoms with van der Waals surface area (Å²) in [6.07, 6.45) is -2.76. The minimum Gasteiger partial charge on any atom is -0.478 e. The van der Waals surface area contributed by atoms with Crippen LogP contribution in [0.25, 0.3) is 0 Å². The number of hydrogen-bond acceptors (Lipinski definition) is 3. The highest BCUT2D eigenvalue weighted by Gasteiger charge is 2.19. The molecule has 84 valence electrons. The average molecular weight is 226 g/mol. The van der Waals surface area contributed by atoms with E-state index in [0.717, 1.165) is 12.1 Å². The maximum Gasteiger partial charge on any atom is 0.337 e. The standard InChI is InChI=1S/C10H8F2N2O2/c11-9(12)5-1-6(3-13)8(10(15)16)7(2-5)4-14/h1-2,9H,3,13H2,(H,15,16). The molecular formula is C10H8F2N2O2. The van der Waals surface area contributed by atoms with Gasteiger partial charge in [0, 0.05) is 12.1 Å². The van der Waals surface area contributed by atoms with Crippen molar-refractivity contribution in [2.24, 2.45) is 5.73 Å². The van der Waals surface area contributed by atoms with Crippen LogP contribution in [0.1, 0.15) is 33.5 Å². The molecule has 4 nitrogen and oxygen atoms in total. The summed E-state index contributed by atoms with van der Waals surface area (Å²) in [7, 11) is 0. The summed E-state index contributed by atoms with van der Waals surface area (Å²) in [5.74, 6) is -1.35. The summed E-state index contributed by atoms with van der Waals surface area (Å²) in [5, 5.41) is 17.5. The first-order valence-corrected chi connectivity index (χ1v) is 4.29. The second-order valence-electron chi connectivity index (χ2n) is 3.02. The Bertz CT molecular complexity index is 467. The van der Waals surface area contributed by atoms with Crippen molar-refractivity contribution in [3.63, 3.8) is 0 Å². The average Bonchev–Trinajstić information content (AvgIpc) is 2.26. The van der Waals surface area contributed by atoms with E-state index in [1.54, 1.807) is 6.07 Å². The number of alkyl halides is 2. The molecule has 0 fully saturated rings. The lowest BCUT2D eigenvalue weighted by Gasteiger charge is -2.08. The van der Waals surface area contributed by atoms with E-state index in [0.29, 0.717) is 0 Å². The van der Waals surface area contributed by atoms with Crippen molar-refractivity contribution < 1.29 is 18.7 Å². The van der Waals surface area contributed by atoms with Crippen molar-refractivity contribution in [3.05, 3.63) is 34.4 Å². The monoisotopic (exact) mass is 226 g/mol. The van der Waals surface area contributed by atoms with Crippen LogP contribution in [-0.4, -0.2) is 11.1 Å². The van der Waals surface area contributed by atoms with Crippen LogP contribution < -0.4 is 5.73 Å². The van der Waals surface area contributed by atoms with Crippen LogP contribution in [0.15, 0.2) is 12.1 Å². The molecule has 0 aliphatic heterocycles. The van der Waals surface area contributed by atoms with Gasteiger partial charge in [-0.15, -0.1) is 0 Å². The number of nitrogens with two attached hydrogens (primary N) is 1. The summed E-state index contributed by atoms with van der Waals surface area (Å²) < 4.78 is 24.9. The largest absolute Gasteiger partial charge is 0.478 e. The van der Waals surface area contributed by atoms with Crippen molar-refractivity contribution in [2.45, 2.75) is 13.0 Å². The SMILES string of the molecule is N#Cc1cc(C(F)F)cc(CN)c1C(=O)O. The van der Waals surface area contributed by atoms with Crippen LogP contribution in [0.5, 0.6) is 0 Å². The van der Waals surface area contributed by atoms with Gasteiger partial charge in [0.15, 0.2) is 0 Å². The first-order valence-electron chi connectivity index (χ1n) is 4.29. The topological polar surface area (TPSA) is 87.1 Å². The summed E-state index contributed by atoms with van der Waals surface area (Å²) in [6, 6.07) is 3.45. The number of nitriles is 1. The highest BCUT2D eigenvalue weighted by molar-refractivity contribution is 5.92. The van der Waals surface area contributed by atoms with Gasteiger partial charge in [0.1, 0.15) is 6.07 Å². The number of carboxylic acids is 1. The summed E-state index contributed by atoms with van der Waals surface area (Å²) in [4.78, 5) is 10.8. The zero-order valence-corrected chi connectivity index (χ0v) is 8.08. The van der Waals surface area contributed by atoms with E-state index in [1.807, 2.05) is 0 Å². The molecule has 6 heteroatoms. The molecule has 1 rings (SSSR count). The molecule has 0 bridgehead atoms. The highest BCUT2D eigenvalue weighted by atomic mass is 19.3. The second kappa shape index (κ2) is 4.68. The molecule has 16 heavy (non-hydrogen) atoms. The molecule has 0 saturated heterocycles. The molecular weight excluding hydrogens is 218 g/mol. The Morgan fingerprint density at radius 1 is 1.56 bits per heavy atom. The Morgan fingerprint density at radius 3 is 2.56 bits per heavy atom. The number of aromatic carboxylic acids is 1. The first-order chi connectivity index (χ1) is 7.51. The number of halogens is 2. The van der Waals surface area contributed by atoms with Gasteiger partial charge in [-0.25, -0.2) is 13.6 Å². The smallest absolute Gasteiger partial charge is 0.337 e. The Hall–Kier alpha value is -2.00. The molecule has 3 N–H and O–H groups in total. The van der Waals surface area contributed by atoms with Crippen LogP contribution in [0.3, 0.4) is 0 Å². The fourth-order valence-corrected chi connectivity index (χ4v) is 1.35. The first kappa shape index (κ1) is 12.1. The van der Waals surface area contributed by atoms with Gasteiger partial charge in [-0.3, -0.25) is 0 Å².